The first kappa shape index (κ1) is 16.2. The number of halogens is 2. The highest BCUT2D eigenvalue weighted by molar-refractivity contribution is 6.35. The van der Waals surface area contributed by atoms with Crippen molar-refractivity contribution in [2.45, 2.75) is 19.9 Å². The van der Waals surface area contributed by atoms with Crippen LogP contribution in [0.1, 0.15) is 29.7 Å². The van der Waals surface area contributed by atoms with Crippen molar-refractivity contribution in [3.63, 3.8) is 0 Å². The molecule has 1 atom stereocenters. The molecule has 0 saturated heterocycles. The Morgan fingerprint density at radius 1 is 1.10 bits per heavy atom. The molecule has 2 nitrogen and oxygen atoms in total. The summed E-state index contributed by atoms with van der Waals surface area (Å²) < 4.78 is 5.50. The van der Waals surface area contributed by atoms with Crippen LogP contribution in [-0.4, -0.2) is 13.7 Å². The molecule has 0 bridgehead atoms. The van der Waals surface area contributed by atoms with E-state index in [-0.39, 0.29) is 6.04 Å². The van der Waals surface area contributed by atoms with Crippen molar-refractivity contribution in [3.8, 4) is 5.75 Å². The molecule has 0 spiro atoms. The summed E-state index contributed by atoms with van der Waals surface area (Å²) in [5.41, 5.74) is 3.24. The summed E-state index contributed by atoms with van der Waals surface area (Å²) in [5.74, 6) is 0.845. The van der Waals surface area contributed by atoms with E-state index in [1.165, 1.54) is 5.56 Å². The largest absolute Gasteiger partial charge is 0.496 e. The zero-order valence-corrected chi connectivity index (χ0v) is 13.9. The molecule has 0 aromatic heterocycles. The summed E-state index contributed by atoms with van der Waals surface area (Å²) in [6.07, 6.45) is 0. The monoisotopic (exact) mass is 323 g/mol. The lowest BCUT2D eigenvalue weighted by molar-refractivity contribution is 0.404. The third-order valence-electron chi connectivity index (χ3n) is 3.38. The number of benzene rings is 2. The van der Waals surface area contributed by atoms with E-state index in [1.54, 1.807) is 13.2 Å². The molecule has 21 heavy (non-hydrogen) atoms. The summed E-state index contributed by atoms with van der Waals surface area (Å²) in [6, 6.07) is 11.7. The normalized spacial score (nSPS) is 12.2. The number of nitrogens with one attached hydrogen (secondary N) is 1. The number of hydrogen-bond donors (Lipinski definition) is 1. The summed E-state index contributed by atoms with van der Waals surface area (Å²) >= 11 is 12.4. The molecule has 1 unspecified atom stereocenters. The number of hydrogen-bond acceptors (Lipinski definition) is 2. The van der Waals surface area contributed by atoms with Crippen LogP contribution in [0.15, 0.2) is 36.4 Å². The maximum atomic E-state index is 6.38. The molecule has 2 rings (SSSR count). The van der Waals surface area contributed by atoms with Gasteiger partial charge in [0.05, 0.1) is 13.2 Å². The van der Waals surface area contributed by atoms with E-state index in [4.69, 9.17) is 27.9 Å². The predicted octanol–water partition coefficient (Wildman–Crippen LogP) is 5.01. The summed E-state index contributed by atoms with van der Waals surface area (Å²) in [4.78, 5) is 0. The molecule has 112 valence electrons. The SMILES string of the molecule is CCNC(c1ccc(Cl)cc1Cl)c1cc(C)ccc1OC. The third kappa shape index (κ3) is 3.70. The van der Waals surface area contributed by atoms with Crippen molar-refractivity contribution >= 4 is 23.2 Å². The van der Waals surface area contributed by atoms with Crippen LogP contribution in [0.25, 0.3) is 0 Å². The highest BCUT2D eigenvalue weighted by Crippen LogP contribution is 2.35. The molecule has 1 N–H and O–H groups in total. The van der Waals surface area contributed by atoms with Gasteiger partial charge in [-0.25, -0.2) is 0 Å². The average Bonchev–Trinajstić information content (AvgIpc) is 2.45. The number of rotatable bonds is 5. The second-order valence-corrected chi connectivity index (χ2v) is 5.75. The van der Waals surface area contributed by atoms with E-state index in [0.717, 1.165) is 23.4 Å². The van der Waals surface area contributed by atoms with Crippen molar-refractivity contribution in [1.82, 2.24) is 5.32 Å². The Kier molecular flexibility index (Phi) is 5.51. The fourth-order valence-electron chi connectivity index (χ4n) is 2.41. The highest BCUT2D eigenvalue weighted by atomic mass is 35.5. The van der Waals surface area contributed by atoms with Crippen molar-refractivity contribution < 1.29 is 4.74 Å². The molecular formula is C17H19Cl2NO. The Morgan fingerprint density at radius 3 is 2.48 bits per heavy atom. The van der Waals surface area contributed by atoms with E-state index >= 15 is 0 Å². The predicted molar refractivity (Wildman–Crippen MR) is 89.7 cm³/mol. The van der Waals surface area contributed by atoms with Crippen LogP contribution < -0.4 is 10.1 Å². The molecule has 0 aliphatic heterocycles. The van der Waals surface area contributed by atoms with E-state index in [2.05, 4.69) is 25.2 Å². The second kappa shape index (κ2) is 7.17. The van der Waals surface area contributed by atoms with Gasteiger partial charge in [-0.3, -0.25) is 0 Å². The van der Waals surface area contributed by atoms with Gasteiger partial charge in [0, 0.05) is 15.6 Å². The lowest BCUT2D eigenvalue weighted by Gasteiger charge is -2.23. The molecule has 2 aromatic carbocycles. The molecule has 0 aliphatic carbocycles. The molecule has 0 heterocycles. The van der Waals surface area contributed by atoms with Gasteiger partial charge < -0.3 is 10.1 Å². The van der Waals surface area contributed by atoms with Gasteiger partial charge in [-0.1, -0.05) is 53.9 Å². The first-order valence-electron chi connectivity index (χ1n) is 6.89. The standard InChI is InChI=1S/C17H19Cl2NO/c1-4-20-17(13-7-6-12(18)10-15(13)19)14-9-11(2)5-8-16(14)21-3/h5-10,17,20H,4H2,1-3H3. The fraction of sp³-hybridized carbons (Fsp3) is 0.294. The molecule has 0 saturated carbocycles. The van der Waals surface area contributed by atoms with E-state index < -0.39 is 0 Å². The maximum Gasteiger partial charge on any atom is 0.124 e. The van der Waals surface area contributed by atoms with Crippen LogP contribution in [-0.2, 0) is 0 Å². The van der Waals surface area contributed by atoms with Gasteiger partial charge in [-0.05, 0) is 37.2 Å². The highest BCUT2D eigenvalue weighted by Gasteiger charge is 2.20. The molecule has 4 heteroatoms. The Hall–Kier alpha value is -1.22. The Bertz CT molecular complexity index is 628. The lowest BCUT2D eigenvalue weighted by Crippen LogP contribution is -2.23. The Balaban J connectivity index is 2.55. The van der Waals surface area contributed by atoms with Gasteiger partial charge in [0.25, 0.3) is 0 Å². The summed E-state index contributed by atoms with van der Waals surface area (Å²) in [6.45, 7) is 4.95. The van der Waals surface area contributed by atoms with Crippen molar-refractivity contribution in [3.05, 3.63) is 63.1 Å². The van der Waals surface area contributed by atoms with E-state index in [9.17, 15) is 0 Å². The van der Waals surface area contributed by atoms with Crippen LogP contribution in [0, 0.1) is 6.92 Å². The smallest absolute Gasteiger partial charge is 0.124 e. The van der Waals surface area contributed by atoms with Crippen molar-refractivity contribution in [2.75, 3.05) is 13.7 Å². The van der Waals surface area contributed by atoms with Crippen LogP contribution in [0.4, 0.5) is 0 Å². The van der Waals surface area contributed by atoms with Gasteiger partial charge in [-0.15, -0.1) is 0 Å². The third-order valence-corrected chi connectivity index (χ3v) is 3.94. The lowest BCUT2D eigenvalue weighted by atomic mass is 9.96. The fourth-order valence-corrected chi connectivity index (χ4v) is 2.92. The maximum absolute atomic E-state index is 6.38. The molecule has 2 aromatic rings. The van der Waals surface area contributed by atoms with Crippen molar-refractivity contribution in [2.24, 2.45) is 0 Å². The van der Waals surface area contributed by atoms with E-state index in [0.29, 0.717) is 10.0 Å². The minimum atomic E-state index is -0.0328. The minimum absolute atomic E-state index is 0.0328. The first-order valence-corrected chi connectivity index (χ1v) is 7.65. The summed E-state index contributed by atoms with van der Waals surface area (Å²) in [7, 11) is 1.68. The first-order chi connectivity index (χ1) is 10.1. The molecule has 0 fully saturated rings. The van der Waals surface area contributed by atoms with Crippen LogP contribution in [0.5, 0.6) is 5.75 Å². The zero-order chi connectivity index (χ0) is 15.4. The van der Waals surface area contributed by atoms with Gasteiger partial charge in [0.1, 0.15) is 5.75 Å². The topological polar surface area (TPSA) is 21.3 Å². The molecule has 0 radical (unpaired) electrons. The van der Waals surface area contributed by atoms with Gasteiger partial charge >= 0.3 is 0 Å². The molecule has 0 amide bonds. The molecular weight excluding hydrogens is 305 g/mol. The molecule has 0 aliphatic rings. The van der Waals surface area contributed by atoms with Crippen LogP contribution >= 0.6 is 23.2 Å². The second-order valence-electron chi connectivity index (χ2n) is 4.90. The number of ether oxygens (including phenoxy) is 1. The Morgan fingerprint density at radius 2 is 1.86 bits per heavy atom. The van der Waals surface area contributed by atoms with Crippen LogP contribution in [0.3, 0.4) is 0 Å². The van der Waals surface area contributed by atoms with Gasteiger partial charge in [0.15, 0.2) is 0 Å². The minimum Gasteiger partial charge on any atom is -0.496 e. The summed E-state index contributed by atoms with van der Waals surface area (Å²) in [5, 5.41) is 4.75. The van der Waals surface area contributed by atoms with E-state index in [1.807, 2.05) is 24.3 Å². The number of aryl methyl sites for hydroxylation is 1. The Labute approximate surface area is 136 Å². The average molecular weight is 324 g/mol. The van der Waals surface area contributed by atoms with Crippen molar-refractivity contribution in [1.29, 1.82) is 0 Å². The van der Waals surface area contributed by atoms with Gasteiger partial charge in [0.2, 0.25) is 0 Å². The van der Waals surface area contributed by atoms with Crippen LogP contribution in [0.2, 0.25) is 10.0 Å². The quantitative estimate of drug-likeness (QED) is 0.835. The number of methoxy groups -OCH3 is 1. The van der Waals surface area contributed by atoms with Gasteiger partial charge in [-0.2, -0.15) is 0 Å². The zero-order valence-electron chi connectivity index (χ0n) is 12.4.